The Hall–Kier alpha value is -3.06. The van der Waals surface area contributed by atoms with Gasteiger partial charge < -0.3 is 4.74 Å². The zero-order valence-electron chi connectivity index (χ0n) is 15.6. The van der Waals surface area contributed by atoms with Gasteiger partial charge in [-0.25, -0.2) is 0 Å². The maximum atomic E-state index is 12.2. The zero-order valence-corrected chi connectivity index (χ0v) is 18.9. The Morgan fingerprint density at radius 1 is 0.871 bits per heavy atom. The van der Waals surface area contributed by atoms with E-state index in [2.05, 4.69) is 6.58 Å². The van der Waals surface area contributed by atoms with Crippen LogP contribution in [0.15, 0.2) is 51.9 Å². The molecule has 0 bridgehead atoms. The molecule has 0 aromatic heterocycles. The van der Waals surface area contributed by atoms with Crippen LogP contribution in [0.4, 0.5) is 0 Å². The maximum Gasteiger partial charge on any atom is 0.308 e. The molecule has 11 heteroatoms. The van der Waals surface area contributed by atoms with Crippen LogP contribution in [0.3, 0.4) is 0 Å². The van der Waals surface area contributed by atoms with Crippen molar-refractivity contribution in [3.05, 3.63) is 37.8 Å². The molecule has 0 aliphatic carbocycles. The number of nitrogens with zero attached hydrogens (tertiary/aromatic N) is 4. The van der Waals surface area contributed by atoms with Crippen LogP contribution in [-0.2, 0) is 16.0 Å². The first kappa shape index (κ1) is 22.6. The standard InChI is InChI=1S/C20H8N4O3S4/c1-3-12(26)4-13-15-17(30-19(28-15)10(5-21)6-22)14(27-9(2)25)18-16(13)29-20(31-18)11(7-23)8-24/h3H,1,4H2,2H3. The van der Waals surface area contributed by atoms with Crippen molar-refractivity contribution in [3.8, 4) is 30.0 Å². The number of hydrogen-bond acceptors (Lipinski definition) is 11. The van der Waals surface area contributed by atoms with E-state index in [1.54, 1.807) is 0 Å². The third-order valence-corrected chi connectivity index (χ3v) is 9.15. The second-order valence-corrected chi connectivity index (χ2v) is 10.3. The van der Waals surface area contributed by atoms with Crippen molar-refractivity contribution in [2.45, 2.75) is 32.9 Å². The van der Waals surface area contributed by atoms with Gasteiger partial charge in [0.2, 0.25) is 0 Å². The molecular formula is C20H8N4O3S4. The summed E-state index contributed by atoms with van der Waals surface area (Å²) in [7, 11) is 0. The van der Waals surface area contributed by atoms with Crippen molar-refractivity contribution in [2.75, 3.05) is 0 Å². The van der Waals surface area contributed by atoms with Gasteiger partial charge in [0.15, 0.2) is 11.5 Å². The largest absolute Gasteiger partial charge is 0.424 e. The first-order chi connectivity index (χ1) is 14.9. The van der Waals surface area contributed by atoms with Crippen molar-refractivity contribution in [1.29, 1.82) is 21.0 Å². The number of fused-ring (bicyclic) bond motifs is 2. The molecule has 3 rings (SSSR count). The zero-order chi connectivity index (χ0) is 22.7. The Morgan fingerprint density at radius 2 is 1.29 bits per heavy atom. The maximum absolute atomic E-state index is 12.2. The number of hydrogen-bond donors (Lipinski definition) is 0. The molecule has 0 N–H and O–H groups in total. The summed E-state index contributed by atoms with van der Waals surface area (Å²) >= 11 is 4.53. The molecule has 2 aliphatic heterocycles. The third kappa shape index (κ3) is 4.23. The number of esters is 1. The van der Waals surface area contributed by atoms with Crippen LogP contribution in [-0.4, -0.2) is 11.8 Å². The molecule has 31 heavy (non-hydrogen) atoms. The number of rotatable bonds is 4. The fourth-order valence-electron chi connectivity index (χ4n) is 2.58. The Bertz CT molecular complexity index is 1190. The van der Waals surface area contributed by atoms with Crippen LogP contribution >= 0.6 is 47.0 Å². The topological polar surface area (TPSA) is 139 Å². The lowest BCUT2D eigenvalue weighted by Gasteiger charge is -2.15. The molecule has 0 fully saturated rings. The molecule has 1 aromatic carbocycles. The molecule has 0 amide bonds. The van der Waals surface area contributed by atoms with E-state index in [1.165, 1.54) is 13.0 Å². The lowest BCUT2D eigenvalue weighted by molar-refractivity contribution is -0.132. The van der Waals surface area contributed by atoms with Crippen LogP contribution in [0.25, 0.3) is 0 Å². The molecule has 150 valence electrons. The second-order valence-electron chi connectivity index (χ2n) is 5.75. The number of ketones is 1. The normalized spacial score (nSPS) is 13.1. The highest BCUT2D eigenvalue weighted by atomic mass is 32.2. The van der Waals surface area contributed by atoms with Gasteiger partial charge in [-0.15, -0.1) is 0 Å². The number of allylic oxidation sites excluding steroid dienone is 3. The first-order valence-corrected chi connectivity index (χ1v) is 11.5. The highest BCUT2D eigenvalue weighted by molar-refractivity contribution is 8.25. The van der Waals surface area contributed by atoms with Gasteiger partial charge in [0.05, 0.1) is 18.3 Å². The van der Waals surface area contributed by atoms with Gasteiger partial charge in [-0.2, -0.15) is 21.0 Å². The van der Waals surface area contributed by atoms with Gasteiger partial charge >= 0.3 is 5.97 Å². The highest BCUT2D eigenvalue weighted by Gasteiger charge is 2.38. The predicted octanol–water partition coefficient (Wildman–Crippen LogP) is 4.82. The average Bonchev–Trinajstić information content (AvgIpc) is 3.37. The van der Waals surface area contributed by atoms with Gasteiger partial charge in [-0.05, 0) is 11.6 Å². The van der Waals surface area contributed by atoms with Gasteiger partial charge in [0.25, 0.3) is 0 Å². The lowest BCUT2D eigenvalue weighted by Crippen LogP contribution is -2.07. The van der Waals surface area contributed by atoms with E-state index in [0.717, 1.165) is 47.0 Å². The minimum absolute atomic E-state index is 0.0148. The Balaban J connectivity index is 2.33. The van der Waals surface area contributed by atoms with Gasteiger partial charge in [-0.1, -0.05) is 53.6 Å². The quantitative estimate of drug-likeness (QED) is 0.253. The molecule has 0 spiro atoms. The van der Waals surface area contributed by atoms with E-state index in [4.69, 9.17) is 4.74 Å². The molecule has 0 saturated heterocycles. The van der Waals surface area contributed by atoms with Crippen LogP contribution < -0.4 is 4.74 Å². The summed E-state index contributed by atoms with van der Waals surface area (Å²) in [5.74, 6) is -0.609. The molecule has 0 atom stereocenters. The van der Waals surface area contributed by atoms with E-state index in [9.17, 15) is 30.6 Å². The van der Waals surface area contributed by atoms with E-state index in [0.29, 0.717) is 33.6 Å². The van der Waals surface area contributed by atoms with Crippen molar-refractivity contribution in [1.82, 2.24) is 0 Å². The fraction of sp³-hybridized carbons (Fsp3) is 0.100. The van der Waals surface area contributed by atoms with E-state index >= 15 is 0 Å². The number of carbonyl (C=O) groups is 2. The molecule has 2 aliphatic rings. The molecule has 1 aromatic rings. The van der Waals surface area contributed by atoms with E-state index in [1.807, 2.05) is 24.3 Å². The fourth-order valence-corrected chi connectivity index (χ4v) is 7.93. The first-order valence-electron chi connectivity index (χ1n) is 8.25. The van der Waals surface area contributed by atoms with Gasteiger partial charge in [0, 0.05) is 23.1 Å². The Morgan fingerprint density at radius 3 is 1.65 bits per heavy atom. The van der Waals surface area contributed by atoms with E-state index < -0.39 is 5.97 Å². The number of carbonyl (C=O) groups excluding carboxylic acids is 2. The summed E-state index contributed by atoms with van der Waals surface area (Å²) in [6.45, 7) is 4.75. The van der Waals surface area contributed by atoms with Crippen molar-refractivity contribution >= 4 is 58.8 Å². The van der Waals surface area contributed by atoms with Crippen molar-refractivity contribution in [3.63, 3.8) is 0 Å². The summed E-state index contributed by atoms with van der Waals surface area (Å²) in [4.78, 5) is 26.3. The number of ether oxygens (including phenoxy) is 1. The third-order valence-electron chi connectivity index (χ3n) is 3.83. The van der Waals surface area contributed by atoms with Crippen molar-refractivity contribution in [2.24, 2.45) is 0 Å². The van der Waals surface area contributed by atoms with Gasteiger partial charge in [0.1, 0.15) is 35.4 Å². The second kappa shape index (κ2) is 9.39. The van der Waals surface area contributed by atoms with E-state index in [-0.39, 0.29) is 29.1 Å². The van der Waals surface area contributed by atoms with Crippen LogP contribution in [0.1, 0.15) is 12.5 Å². The number of thioether (sulfide) groups is 4. The molecule has 0 radical (unpaired) electrons. The Labute approximate surface area is 194 Å². The average molecular weight is 481 g/mol. The summed E-state index contributed by atoms with van der Waals surface area (Å²) in [5, 5.41) is 37.1. The minimum Gasteiger partial charge on any atom is -0.424 e. The predicted molar refractivity (Wildman–Crippen MR) is 117 cm³/mol. The monoisotopic (exact) mass is 480 g/mol. The number of benzene rings is 1. The van der Waals surface area contributed by atoms with Gasteiger partial charge in [-0.3, -0.25) is 9.59 Å². The van der Waals surface area contributed by atoms with Crippen molar-refractivity contribution < 1.29 is 14.3 Å². The molecule has 2 heterocycles. The summed E-state index contributed by atoms with van der Waals surface area (Å²) < 4.78 is 6.33. The van der Waals surface area contributed by atoms with Crippen LogP contribution in [0, 0.1) is 45.3 Å². The molecule has 0 saturated carbocycles. The highest BCUT2D eigenvalue weighted by Crippen LogP contribution is 2.66. The minimum atomic E-state index is -0.577. The van der Waals surface area contributed by atoms with Crippen LogP contribution in [0.5, 0.6) is 5.75 Å². The number of nitriles is 4. The van der Waals surface area contributed by atoms with Crippen LogP contribution in [0.2, 0.25) is 0 Å². The summed E-state index contributed by atoms with van der Waals surface area (Å²) in [5.41, 5.74) is 0.438. The molecule has 7 nitrogen and oxygen atoms in total. The molecule has 0 unspecified atom stereocenters. The molecular weight excluding hydrogens is 473 g/mol. The SMILES string of the molecule is C=CC(=O)Cc1c2c(c(OC(C)=O)c3c1SC(=C(C#N)C#N)S3)SC(=C(C#N)C#N)S2. The summed E-state index contributed by atoms with van der Waals surface area (Å²) in [6.07, 6.45) is 1.18. The summed E-state index contributed by atoms with van der Waals surface area (Å²) in [6, 6.07) is 7.40. The Kier molecular flexibility index (Phi) is 6.85. The smallest absolute Gasteiger partial charge is 0.308 e. The lowest BCUT2D eigenvalue weighted by atomic mass is 10.1.